The number of anilines is 1. The van der Waals surface area contributed by atoms with Crippen LogP contribution in [0.15, 0.2) is 36.5 Å². The summed E-state index contributed by atoms with van der Waals surface area (Å²) in [5.74, 6) is -0.957. The Hall–Kier alpha value is -2.63. The summed E-state index contributed by atoms with van der Waals surface area (Å²) >= 11 is 0. The number of nitrogens with zero attached hydrogens (tertiary/aromatic N) is 4. The summed E-state index contributed by atoms with van der Waals surface area (Å²) in [4.78, 5) is 4.11. The first-order valence-electron chi connectivity index (χ1n) is 10.1. The van der Waals surface area contributed by atoms with Gasteiger partial charge >= 0.3 is 0 Å². The zero-order valence-electron chi connectivity index (χ0n) is 16.4. The molecule has 8 nitrogen and oxygen atoms in total. The zero-order valence-corrected chi connectivity index (χ0v) is 17.3. The maximum atomic E-state index is 14.4. The minimum Gasteiger partial charge on any atom is -0.390 e. The molecule has 164 valence electrons. The van der Waals surface area contributed by atoms with Crippen molar-refractivity contribution < 1.29 is 22.3 Å². The van der Waals surface area contributed by atoms with Gasteiger partial charge in [-0.05, 0) is 31.4 Å². The fourth-order valence-corrected chi connectivity index (χ4v) is 5.80. The maximum Gasteiger partial charge on any atom is 0.241 e. The lowest BCUT2D eigenvalue weighted by molar-refractivity contribution is 0.0946. The molecule has 11 heteroatoms. The highest BCUT2D eigenvalue weighted by Gasteiger charge is 2.43. The van der Waals surface area contributed by atoms with E-state index in [1.165, 1.54) is 33.2 Å². The first-order chi connectivity index (χ1) is 14.8. The van der Waals surface area contributed by atoms with Gasteiger partial charge in [-0.3, -0.25) is 0 Å². The summed E-state index contributed by atoms with van der Waals surface area (Å²) in [6, 6.07) is 6.74. The number of nitrogens with one attached hydrogen (secondary N) is 1. The molecule has 0 unspecified atom stereocenters. The van der Waals surface area contributed by atoms with Crippen LogP contribution in [-0.4, -0.2) is 62.9 Å². The van der Waals surface area contributed by atoms with Gasteiger partial charge in [0.1, 0.15) is 11.3 Å². The maximum absolute atomic E-state index is 14.4. The first kappa shape index (κ1) is 20.3. The van der Waals surface area contributed by atoms with Crippen molar-refractivity contribution in [3.05, 3.63) is 48.2 Å². The number of aliphatic hydroxyl groups excluding tert-OH is 1. The van der Waals surface area contributed by atoms with Crippen LogP contribution in [0.5, 0.6) is 0 Å². The van der Waals surface area contributed by atoms with Gasteiger partial charge < -0.3 is 10.4 Å². The van der Waals surface area contributed by atoms with Gasteiger partial charge in [0.2, 0.25) is 16.0 Å². The smallest absolute Gasteiger partial charge is 0.241 e. The Labute approximate surface area is 177 Å². The van der Waals surface area contributed by atoms with Crippen molar-refractivity contribution in [2.45, 2.75) is 36.7 Å². The molecule has 2 aliphatic rings. The molecule has 2 atom stereocenters. The number of aliphatic hydroxyl groups is 1. The number of hydrogen-bond acceptors (Lipinski definition) is 6. The van der Waals surface area contributed by atoms with Gasteiger partial charge in [0.05, 0.1) is 29.3 Å². The topological polar surface area (TPSA) is 99.8 Å². The second-order valence-electron chi connectivity index (χ2n) is 7.95. The van der Waals surface area contributed by atoms with Crippen LogP contribution < -0.4 is 5.32 Å². The molecule has 2 fully saturated rings. The Kier molecular flexibility index (Phi) is 4.91. The summed E-state index contributed by atoms with van der Waals surface area (Å²) in [7, 11) is -3.35. The lowest BCUT2D eigenvalue weighted by Gasteiger charge is -2.35. The predicted octanol–water partition coefficient (Wildman–Crippen LogP) is 2.01. The first-order valence-corrected chi connectivity index (χ1v) is 11.6. The van der Waals surface area contributed by atoms with E-state index in [9.17, 15) is 22.3 Å². The number of aromatic nitrogens is 3. The van der Waals surface area contributed by atoms with E-state index in [1.807, 2.05) is 0 Å². The molecule has 1 aliphatic carbocycles. The average molecular weight is 449 g/mol. The van der Waals surface area contributed by atoms with Crippen LogP contribution in [-0.2, 0) is 10.0 Å². The molecule has 1 aliphatic heterocycles. The van der Waals surface area contributed by atoms with Crippen molar-refractivity contribution in [2.75, 3.05) is 18.4 Å². The van der Waals surface area contributed by atoms with Crippen LogP contribution in [0.2, 0.25) is 0 Å². The number of sulfonamides is 1. The van der Waals surface area contributed by atoms with Gasteiger partial charge in [-0.2, -0.15) is 4.31 Å². The zero-order chi connectivity index (χ0) is 21.8. The molecule has 0 spiro atoms. The molecule has 1 saturated carbocycles. The quantitative estimate of drug-likeness (QED) is 0.618. The lowest BCUT2D eigenvalue weighted by Crippen LogP contribution is -2.52. The third-order valence-corrected chi connectivity index (χ3v) is 8.15. The molecule has 0 bridgehead atoms. The van der Waals surface area contributed by atoms with Crippen LogP contribution in [0, 0.1) is 11.6 Å². The minimum atomic E-state index is -3.35. The molecule has 1 aromatic carbocycles. The molecule has 2 aromatic heterocycles. The number of benzene rings is 1. The summed E-state index contributed by atoms with van der Waals surface area (Å²) in [5.41, 5.74) is 0.529. The fraction of sp³-hybridized carbons (Fsp3) is 0.400. The molecule has 5 rings (SSSR count). The van der Waals surface area contributed by atoms with E-state index in [0.29, 0.717) is 19.3 Å². The molecule has 0 amide bonds. The highest BCUT2D eigenvalue weighted by molar-refractivity contribution is 7.90. The number of fused-ring (bicyclic) bond motifs is 1. The second-order valence-corrected chi connectivity index (χ2v) is 10.2. The molecule has 0 radical (unpaired) electrons. The van der Waals surface area contributed by atoms with E-state index >= 15 is 0 Å². The van der Waals surface area contributed by atoms with Gasteiger partial charge in [-0.1, -0.05) is 12.1 Å². The molecule has 3 aromatic rings. The minimum absolute atomic E-state index is 0.00261. The number of piperidine rings is 1. The Bertz CT molecular complexity index is 1240. The van der Waals surface area contributed by atoms with Crippen molar-refractivity contribution in [1.29, 1.82) is 0 Å². The van der Waals surface area contributed by atoms with Gasteiger partial charge in [0.25, 0.3) is 0 Å². The molecular weight excluding hydrogens is 428 g/mol. The Morgan fingerprint density at radius 3 is 2.61 bits per heavy atom. The van der Waals surface area contributed by atoms with Gasteiger partial charge in [0.15, 0.2) is 5.82 Å². The summed E-state index contributed by atoms with van der Waals surface area (Å²) in [6.07, 6.45) is 2.04. The summed E-state index contributed by atoms with van der Waals surface area (Å²) < 4.78 is 56.0. The lowest BCUT2D eigenvalue weighted by atomic mass is 10.0. The number of β-amino-alcohol motifs (C(OH)–C–C–N with tert-alkyl or cyclic N) is 1. The number of rotatable bonds is 5. The van der Waals surface area contributed by atoms with Crippen LogP contribution in [0.25, 0.3) is 16.8 Å². The van der Waals surface area contributed by atoms with E-state index in [0.717, 1.165) is 0 Å². The van der Waals surface area contributed by atoms with Crippen molar-refractivity contribution in [3.63, 3.8) is 0 Å². The van der Waals surface area contributed by atoms with E-state index in [2.05, 4.69) is 15.4 Å². The van der Waals surface area contributed by atoms with E-state index < -0.39 is 33.8 Å². The molecular formula is C20H21F2N5O3S. The largest absolute Gasteiger partial charge is 0.390 e. The van der Waals surface area contributed by atoms with Crippen molar-refractivity contribution in [2.24, 2.45) is 0 Å². The van der Waals surface area contributed by atoms with Crippen LogP contribution >= 0.6 is 0 Å². The third kappa shape index (κ3) is 3.66. The van der Waals surface area contributed by atoms with E-state index in [-0.39, 0.29) is 41.1 Å². The third-order valence-electron chi connectivity index (χ3n) is 5.78. The monoisotopic (exact) mass is 449 g/mol. The van der Waals surface area contributed by atoms with Crippen LogP contribution in [0.1, 0.15) is 19.3 Å². The highest BCUT2D eigenvalue weighted by Crippen LogP contribution is 2.33. The number of halogens is 2. The van der Waals surface area contributed by atoms with Gasteiger partial charge in [0, 0.05) is 24.7 Å². The predicted molar refractivity (Wildman–Crippen MR) is 110 cm³/mol. The molecule has 2 N–H and O–H groups in total. The Balaban J connectivity index is 1.39. The average Bonchev–Trinajstić information content (AvgIpc) is 3.56. The van der Waals surface area contributed by atoms with E-state index in [1.54, 1.807) is 12.1 Å². The normalized spacial score (nSPS) is 22.7. The van der Waals surface area contributed by atoms with Gasteiger partial charge in [-0.25, -0.2) is 26.7 Å². The van der Waals surface area contributed by atoms with Crippen molar-refractivity contribution in [3.8, 4) is 11.3 Å². The van der Waals surface area contributed by atoms with Crippen molar-refractivity contribution in [1.82, 2.24) is 18.9 Å². The molecule has 3 heterocycles. The standard InChI is InChI=1S/C20H21F2N5O3S/c21-14-4-2-1-3-13(14)17-9-15(22)18-10-23-20(25-27(17)18)24-16-7-8-26(11-19(16)28)31(29,30)12-5-6-12/h1-4,9-10,12,16,19,28H,5-8,11H2,(H,24,25)/t16-,19-/m1/s1. The summed E-state index contributed by atoms with van der Waals surface area (Å²) in [6.45, 7) is 0.284. The SMILES string of the molecule is O=S(=O)(C1CC1)N1CC[C@@H](Nc2ncc3c(F)cc(-c4ccccc4F)n3n2)[C@H](O)C1. The Morgan fingerprint density at radius 1 is 1.13 bits per heavy atom. The number of hydrogen-bond donors (Lipinski definition) is 2. The van der Waals surface area contributed by atoms with Crippen LogP contribution in [0.4, 0.5) is 14.7 Å². The highest BCUT2D eigenvalue weighted by atomic mass is 32.2. The van der Waals surface area contributed by atoms with E-state index in [4.69, 9.17) is 0 Å². The summed E-state index contributed by atoms with van der Waals surface area (Å²) in [5, 5.41) is 17.5. The molecule has 31 heavy (non-hydrogen) atoms. The van der Waals surface area contributed by atoms with Gasteiger partial charge in [-0.15, -0.1) is 5.10 Å². The fourth-order valence-electron chi connectivity index (χ4n) is 3.92. The van der Waals surface area contributed by atoms with Crippen molar-refractivity contribution >= 4 is 21.5 Å². The molecule has 1 saturated heterocycles. The second kappa shape index (κ2) is 7.50. The van der Waals surface area contributed by atoms with Crippen LogP contribution in [0.3, 0.4) is 0 Å². The Morgan fingerprint density at radius 2 is 1.90 bits per heavy atom.